The molecule has 6 aromatic rings. The van der Waals surface area contributed by atoms with Gasteiger partial charge in [0.2, 0.25) is 0 Å². The van der Waals surface area contributed by atoms with Gasteiger partial charge in [0.15, 0.2) is 5.82 Å². The Morgan fingerprint density at radius 1 is 0.881 bits per heavy atom. The molecule has 0 bridgehead atoms. The lowest BCUT2D eigenvalue weighted by molar-refractivity contribution is -0.384. The molecule has 0 radical (unpaired) electrons. The zero-order valence-corrected chi connectivity index (χ0v) is 34.5. The number of piperazine rings is 1. The summed E-state index contributed by atoms with van der Waals surface area (Å²) in [7, 11) is -4.31. The van der Waals surface area contributed by atoms with Gasteiger partial charge in [0, 0.05) is 78.1 Å². The van der Waals surface area contributed by atoms with E-state index in [4.69, 9.17) is 11.6 Å². The minimum Gasteiger partial charge on any atom is -0.376 e. The summed E-state index contributed by atoms with van der Waals surface area (Å²) in [6.45, 7) is 4.20. The van der Waals surface area contributed by atoms with Crippen LogP contribution in [0.15, 0.2) is 131 Å². The molecule has 0 saturated carbocycles. The second-order valence-electron chi connectivity index (χ2n) is 14.1. The van der Waals surface area contributed by atoms with Gasteiger partial charge in [-0.15, -0.1) is 11.8 Å². The number of benzene rings is 5. The van der Waals surface area contributed by atoms with Crippen molar-refractivity contribution in [1.82, 2.24) is 20.2 Å². The normalized spacial score (nSPS) is 14.0. The third-order valence-electron chi connectivity index (χ3n) is 10.1. The molecule has 1 aliphatic heterocycles. The highest BCUT2D eigenvalue weighted by molar-refractivity contribution is 7.99. The summed E-state index contributed by atoms with van der Waals surface area (Å²) in [5.41, 5.74) is 4.79. The Labute approximate surface area is 352 Å². The van der Waals surface area contributed by atoms with Gasteiger partial charge >= 0.3 is 0 Å². The average molecular weight is 855 g/mol. The third kappa shape index (κ3) is 10.8. The van der Waals surface area contributed by atoms with Crippen molar-refractivity contribution in [3.05, 3.63) is 142 Å². The van der Waals surface area contributed by atoms with E-state index in [0.717, 1.165) is 54.9 Å². The van der Waals surface area contributed by atoms with E-state index in [1.165, 1.54) is 29.6 Å². The lowest BCUT2D eigenvalue weighted by Crippen LogP contribution is -2.46. The smallest absolute Gasteiger partial charge is 0.293 e. The van der Waals surface area contributed by atoms with Crippen molar-refractivity contribution < 1.29 is 17.7 Å². The zero-order valence-electron chi connectivity index (χ0n) is 32.1. The van der Waals surface area contributed by atoms with Crippen LogP contribution in [-0.2, 0) is 16.6 Å². The molecule has 0 unspecified atom stereocenters. The summed E-state index contributed by atoms with van der Waals surface area (Å²) in [5, 5.41) is 19.8. The zero-order chi connectivity index (χ0) is 41.2. The lowest BCUT2D eigenvalue weighted by atomic mass is 9.99. The van der Waals surface area contributed by atoms with Crippen molar-refractivity contribution in [3.8, 4) is 11.1 Å². The molecule has 1 fully saturated rings. The molecule has 306 valence electrons. The largest absolute Gasteiger partial charge is 0.376 e. The number of nitro groups is 1. The molecule has 5 aromatic carbocycles. The predicted molar refractivity (Wildman–Crippen MR) is 236 cm³/mol. The first kappa shape index (κ1) is 41.8. The van der Waals surface area contributed by atoms with E-state index < -0.39 is 21.6 Å². The monoisotopic (exact) mass is 854 g/mol. The minimum atomic E-state index is -4.31. The maximum Gasteiger partial charge on any atom is 0.293 e. The molecular weight excluding hydrogens is 811 g/mol. The highest BCUT2D eigenvalue weighted by Crippen LogP contribution is 2.33. The number of sulfonamides is 1. The van der Waals surface area contributed by atoms with E-state index in [-0.39, 0.29) is 34.7 Å². The molecule has 0 aliphatic carbocycles. The highest BCUT2D eigenvalue weighted by Gasteiger charge is 2.25. The van der Waals surface area contributed by atoms with Crippen molar-refractivity contribution in [3.63, 3.8) is 0 Å². The molecule has 16 heteroatoms. The van der Waals surface area contributed by atoms with Gasteiger partial charge in [0.05, 0.1) is 15.3 Å². The summed E-state index contributed by atoms with van der Waals surface area (Å²) in [5.74, 6) is 0.629. The Kier molecular flexibility index (Phi) is 13.9. The summed E-state index contributed by atoms with van der Waals surface area (Å²) in [6.07, 6.45) is 1.85. The Morgan fingerprint density at radius 3 is 2.39 bits per heavy atom. The minimum absolute atomic E-state index is 0.0609. The highest BCUT2D eigenvalue weighted by atomic mass is 35.5. The molecule has 1 saturated heterocycles. The number of alkyl halides is 1. The molecular formula is C43H44ClFN8O4S2. The first-order valence-electron chi connectivity index (χ1n) is 19.2. The van der Waals surface area contributed by atoms with E-state index >= 15 is 0 Å². The molecule has 1 atom stereocenters. The number of nitrogens with zero attached hydrogens (tertiary/aromatic N) is 5. The second-order valence-corrected chi connectivity index (χ2v) is 17.3. The number of hydrogen-bond donors (Lipinski definition) is 3. The molecule has 1 aliphatic rings. The number of aromatic nitrogens is 2. The summed E-state index contributed by atoms with van der Waals surface area (Å²) in [4.78, 5) is 25.8. The van der Waals surface area contributed by atoms with Crippen molar-refractivity contribution in [2.24, 2.45) is 0 Å². The molecule has 59 heavy (non-hydrogen) atoms. The number of halogens is 2. The van der Waals surface area contributed by atoms with Crippen LogP contribution in [0, 0.1) is 10.1 Å². The second kappa shape index (κ2) is 19.6. The van der Waals surface area contributed by atoms with Gasteiger partial charge < -0.3 is 15.5 Å². The Morgan fingerprint density at radius 2 is 1.64 bits per heavy atom. The van der Waals surface area contributed by atoms with Crippen LogP contribution in [0.25, 0.3) is 22.0 Å². The van der Waals surface area contributed by atoms with Gasteiger partial charge in [-0.3, -0.25) is 19.7 Å². The maximum absolute atomic E-state index is 13.7. The van der Waals surface area contributed by atoms with E-state index in [0.29, 0.717) is 34.6 Å². The number of nitrogens with one attached hydrogen (secondary N) is 3. The first-order chi connectivity index (χ1) is 28.7. The van der Waals surface area contributed by atoms with Crippen LogP contribution in [0.5, 0.6) is 0 Å². The van der Waals surface area contributed by atoms with Gasteiger partial charge in [-0.1, -0.05) is 66.2 Å². The molecule has 1 aromatic heterocycles. The molecule has 12 nitrogen and oxygen atoms in total. The lowest BCUT2D eigenvalue weighted by Gasteiger charge is -2.36. The Bertz CT molecular complexity index is 2480. The van der Waals surface area contributed by atoms with Gasteiger partial charge in [-0.05, 0) is 84.3 Å². The van der Waals surface area contributed by atoms with Gasteiger partial charge in [-0.25, -0.2) is 22.8 Å². The van der Waals surface area contributed by atoms with E-state index in [2.05, 4.69) is 53.3 Å². The van der Waals surface area contributed by atoms with Gasteiger partial charge in [0.1, 0.15) is 18.7 Å². The fourth-order valence-electron chi connectivity index (χ4n) is 7.06. The molecule has 2 heterocycles. The van der Waals surface area contributed by atoms with Crippen LogP contribution in [-0.4, -0.2) is 85.9 Å². The number of rotatable bonds is 18. The fourth-order valence-corrected chi connectivity index (χ4v) is 9.29. The van der Waals surface area contributed by atoms with Crippen molar-refractivity contribution in [2.45, 2.75) is 28.8 Å². The topological polar surface area (TPSA) is 146 Å². The quantitative estimate of drug-likeness (QED) is 0.0331. The van der Waals surface area contributed by atoms with Crippen LogP contribution in [0.2, 0.25) is 5.02 Å². The third-order valence-corrected chi connectivity index (χ3v) is 12.9. The SMILES string of the molecule is O=[N+]([O-])c1cc(S(=O)(=O)Nc2ncnc3cc(N4CCN(Cc5cc(Cl)ccc5-c5ccccc5)CC4)ccc23)ccc1N[C@H](CCNCCF)CSc1ccccc1. The fraction of sp³-hybridized carbons (Fsp3) is 0.256. The first-order valence-corrected chi connectivity index (χ1v) is 22.1. The van der Waals surface area contributed by atoms with Crippen molar-refractivity contribution >= 4 is 67.2 Å². The molecule has 0 amide bonds. The number of anilines is 3. The predicted octanol–water partition coefficient (Wildman–Crippen LogP) is 8.50. The number of hydrogen-bond acceptors (Lipinski definition) is 11. The number of thioether (sulfide) groups is 1. The van der Waals surface area contributed by atoms with Crippen LogP contribution in [0.4, 0.5) is 27.3 Å². The van der Waals surface area contributed by atoms with E-state index in [9.17, 15) is 22.9 Å². The van der Waals surface area contributed by atoms with Crippen LogP contribution in [0.3, 0.4) is 0 Å². The van der Waals surface area contributed by atoms with Crippen LogP contribution < -0.4 is 20.3 Å². The standard InChI is InChI=1S/C43H44ClFN8O4S2/c44-33-11-14-38(31-7-3-1-4-8-31)32(25-33)28-51-21-23-52(24-22-51)35-12-15-39-41(26-35)47-30-48-43(39)50-59(56,57)37-13-16-40(42(27-37)53(54)55)49-34(17-19-46-20-18-45)29-58-36-9-5-2-6-10-36/h1-16,25-27,30,34,46,49H,17-24,28-29H2,(H,47,48,50)/t34-/m1/s1. The van der Waals surface area contributed by atoms with E-state index in [1.54, 1.807) is 17.8 Å². The Hall–Kier alpha value is -5.32. The van der Waals surface area contributed by atoms with Crippen LogP contribution in [0.1, 0.15) is 12.0 Å². The number of fused-ring (bicyclic) bond motifs is 1. The van der Waals surface area contributed by atoms with Gasteiger partial charge in [0.25, 0.3) is 15.7 Å². The number of nitro benzene ring substituents is 1. The molecule has 7 rings (SSSR count). The Balaban J connectivity index is 1.02. The van der Waals surface area contributed by atoms with Crippen molar-refractivity contribution in [1.29, 1.82) is 0 Å². The molecule has 3 N–H and O–H groups in total. The van der Waals surface area contributed by atoms with Crippen LogP contribution >= 0.6 is 23.4 Å². The maximum atomic E-state index is 13.7. The molecule has 0 spiro atoms. The summed E-state index contributed by atoms with van der Waals surface area (Å²) < 4.78 is 42.7. The van der Waals surface area contributed by atoms with Gasteiger partial charge in [-0.2, -0.15) is 0 Å². The summed E-state index contributed by atoms with van der Waals surface area (Å²) in [6, 6.07) is 35.3. The summed E-state index contributed by atoms with van der Waals surface area (Å²) >= 11 is 8.00. The van der Waals surface area contributed by atoms with E-state index in [1.807, 2.05) is 72.8 Å². The average Bonchev–Trinajstić information content (AvgIpc) is 3.25. The van der Waals surface area contributed by atoms with Crippen molar-refractivity contribution in [2.75, 3.05) is 66.6 Å².